The van der Waals surface area contributed by atoms with E-state index in [2.05, 4.69) is 4.98 Å². The van der Waals surface area contributed by atoms with Crippen molar-refractivity contribution in [1.29, 1.82) is 0 Å². The van der Waals surface area contributed by atoms with Crippen molar-refractivity contribution < 1.29 is 23.9 Å². The van der Waals surface area contributed by atoms with E-state index in [4.69, 9.17) is 4.52 Å². The summed E-state index contributed by atoms with van der Waals surface area (Å²) in [7, 11) is -4.02. The second-order valence-corrected chi connectivity index (χ2v) is 7.86. The molecule has 3 aromatic rings. The number of aromatic nitrogens is 1. The molecule has 0 radical (unpaired) electrons. The number of fused-ring (bicyclic) bond motifs is 1. The third-order valence-corrected chi connectivity index (χ3v) is 5.46. The average Bonchev–Trinajstić information content (AvgIpc) is 2.93. The number of benzene rings is 2. The van der Waals surface area contributed by atoms with Crippen molar-refractivity contribution in [2.45, 2.75) is 25.4 Å². The molecule has 1 heterocycles. The number of hydrogen-bond donors (Lipinski definition) is 3. The van der Waals surface area contributed by atoms with Crippen LogP contribution in [0, 0.1) is 0 Å². The highest BCUT2D eigenvalue weighted by Gasteiger charge is 2.30. The van der Waals surface area contributed by atoms with Gasteiger partial charge in [-0.05, 0) is 18.1 Å². The van der Waals surface area contributed by atoms with Gasteiger partial charge in [-0.2, -0.15) is 0 Å². The number of carbonyl (C=O) groups is 1. The van der Waals surface area contributed by atoms with Crippen LogP contribution < -0.4 is 4.52 Å². The largest absolute Gasteiger partial charge is 0.481 e. The number of aliphatic carboxylic acids is 1. The summed E-state index contributed by atoms with van der Waals surface area (Å²) >= 11 is 0. The number of carboxylic acid groups (broad SMARTS) is 1. The van der Waals surface area contributed by atoms with E-state index >= 15 is 0 Å². The zero-order valence-corrected chi connectivity index (χ0v) is 15.1. The fourth-order valence-corrected chi connectivity index (χ4v) is 4.21. The standard InChI is InChI=1S/C19H20NO5P/c1-2-14(19(21)22)17-15-10-6-7-11-16(15)20-18(17)25-26(23,24)12-13-8-4-3-5-9-13/h3-11,14,20H,2,12H2,1H3,(H,21,22)(H,23,24). The number of nitrogens with one attached hydrogen (secondary N) is 1. The molecule has 0 spiro atoms. The normalized spacial score (nSPS) is 14.7. The Hall–Kier alpha value is -2.56. The maximum absolute atomic E-state index is 12.6. The quantitative estimate of drug-likeness (QED) is 0.529. The fraction of sp³-hybridized carbons (Fsp3) is 0.211. The first-order chi connectivity index (χ1) is 12.4. The molecule has 7 heteroatoms. The molecule has 0 amide bonds. The molecule has 1 aromatic heterocycles. The molecular formula is C19H20NO5P. The van der Waals surface area contributed by atoms with E-state index in [-0.39, 0.29) is 12.0 Å². The smallest absolute Gasteiger partial charge is 0.382 e. The number of rotatable bonds is 7. The van der Waals surface area contributed by atoms with Crippen molar-refractivity contribution in [3.05, 3.63) is 65.7 Å². The van der Waals surface area contributed by atoms with Crippen molar-refractivity contribution >= 4 is 24.5 Å². The molecule has 6 nitrogen and oxygen atoms in total. The Morgan fingerprint density at radius 3 is 2.46 bits per heavy atom. The van der Waals surface area contributed by atoms with E-state index in [1.165, 1.54) is 0 Å². The van der Waals surface area contributed by atoms with Gasteiger partial charge < -0.3 is 19.5 Å². The van der Waals surface area contributed by atoms with E-state index in [9.17, 15) is 19.4 Å². The Morgan fingerprint density at radius 1 is 1.15 bits per heavy atom. The first-order valence-electron chi connectivity index (χ1n) is 8.30. The summed E-state index contributed by atoms with van der Waals surface area (Å²) in [6, 6.07) is 16.0. The van der Waals surface area contributed by atoms with Crippen LogP contribution >= 0.6 is 7.60 Å². The minimum absolute atomic E-state index is 0.0437. The molecule has 26 heavy (non-hydrogen) atoms. The van der Waals surface area contributed by atoms with Gasteiger partial charge in [-0.1, -0.05) is 55.5 Å². The Labute approximate surface area is 151 Å². The highest BCUT2D eigenvalue weighted by molar-refractivity contribution is 7.52. The molecule has 2 aromatic carbocycles. The lowest BCUT2D eigenvalue weighted by atomic mass is 9.96. The van der Waals surface area contributed by atoms with E-state index in [1.807, 2.05) is 6.07 Å². The Balaban J connectivity index is 2.01. The van der Waals surface area contributed by atoms with Crippen LogP contribution in [0.3, 0.4) is 0 Å². The number of H-pyrrole nitrogens is 1. The van der Waals surface area contributed by atoms with Crippen LogP contribution in [0.25, 0.3) is 10.9 Å². The van der Waals surface area contributed by atoms with Crippen LogP contribution in [0.2, 0.25) is 0 Å². The summed E-state index contributed by atoms with van der Waals surface area (Å²) in [6.07, 6.45) is 0.175. The second kappa shape index (κ2) is 7.36. The Kier molecular flexibility index (Phi) is 5.16. The van der Waals surface area contributed by atoms with Crippen molar-refractivity contribution in [1.82, 2.24) is 4.98 Å². The van der Waals surface area contributed by atoms with Crippen LogP contribution in [-0.4, -0.2) is 21.0 Å². The molecule has 136 valence electrons. The monoisotopic (exact) mass is 373 g/mol. The van der Waals surface area contributed by atoms with Crippen LogP contribution in [-0.2, 0) is 15.5 Å². The summed E-state index contributed by atoms with van der Waals surface area (Å²) in [4.78, 5) is 25.0. The molecule has 0 aliphatic rings. The predicted octanol–water partition coefficient (Wildman–Crippen LogP) is 4.51. The third-order valence-electron chi connectivity index (χ3n) is 4.22. The molecule has 0 fully saturated rings. The lowest BCUT2D eigenvalue weighted by molar-refractivity contribution is -0.138. The lowest BCUT2D eigenvalue weighted by Crippen LogP contribution is -2.11. The van der Waals surface area contributed by atoms with Crippen LogP contribution in [0.4, 0.5) is 0 Å². The van der Waals surface area contributed by atoms with Gasteiger partial charge in [-0.15, -0.1) is 0 Å². The number of carboxylic acids is 1. The molecule has 3 rings (SSSR count). The lowest BCUT2D eigenvalue weighted by Gasteiger charge is -2.16. The van der Waals surface area contributed by atoms with Crippen LogP contribution in [0.1, 0.15) is 30.4 Å². The molecule has 0 aliphatic heterocycles. The van der Waals surface area contributed by atoms with Gasteiger partial charge in [0.05, 0.1) is 12.1 Å². The van der Waals surface area contributed by atoms with Gasteiger partial charge in [0.15, 0.2) is 0 Å². The van der Waals surface area contributed by atoms with Gasteiger partial charge in [-0.25, -0.2) is 4.57 Å². The molecule has 0 saturated carbocycles. The van der Waals surface area contributed by atoms with E-state index < -0.39 is 19.5 Å². The fourth-order valence-electron chi connectivity index (χ4n) is 3.05. The Bertz CT molecular complexity index is 966. The van der Waals surface area contributed by atoms with Gasteiger partial charge in [0.2, 0.25) is 5.88 Å². The highest BCUT2D eigenvalue weighted by atomic mass is 31.2. The summed E-state index contributed by atoms with van der Waals surface area (Å²) in [5.74, 6) is -1.79. The van der Waals surface area contributed by atoms with Crippen molar-refractivity contribution in [2.24, 2.45) is 0 Å². The van der Waals surface area contributed by atoms with E-state index in [0.717, 1.165) is 0 Å². The van der Waals surface area contributed by atoms with Crippen molar-refractivity contribution in [2.75, 3.05) is 0 Å². The maximum Gasteiger partial charge on any atom is 0.382 e. The minimum atomic E-state index is -4.02. The van der Waals surface area contributed by atoms with Gasteiger partial charge in [-0.3, -0.25) is 4.79 Å². The maximum atomic E-state index is 12.6. The van der Waals surface area contributed by atoms with Gasteiger partial charge in [0, 0.05) is 16.5 Å². The zero-order chi connectivity index (χ0) is 18.7. The molecule has 2 atom stereocenters. The van der Waals surface area contributed by atoms with E-state index in [0.29, 0.717) is 28.5 Å². The molecule has 0 bridgehead atoms. The first kappa shape index (κ1) is 18.2. The molecule has 0 saturated heterocycles. The summed E-state index contributed by atoms with van der Waals surface area (Å²) in [5, 5.41) is 10.2. The highest BCUT2D eigenvalue weighted by Crippen LogP contribution is 2.49. The SMILES string of the molecule is CCC(C(=O)O)c1c(OP(=O)(O)Cc2ccccc2)[nH]c2ccccc12. The number of aromatic amines is 1. The van der Waals surface area contributed by atoms with E-state index in [1.54, 1.807) is 55.5 Å². The third kappa shape index (κ3) is 3.82. The van der Waals surface area contributed by atoms with Gasteiger partial charge in [0.1, 0.15) is 0 Å². The van der Waals surface area contributed by atoms with Crippen molar-refractivity contribution in [3.8, 4) is 5.88 Å². The second-order valence-electron chi connectivity index (χ2n) is 6.08. The molecule has 2 unspecified atom stereocenters. The van der Waals surface area contributed by atoms with Crippen LogP contribution in [0.5, 0.6) is 5.88 Å². The topological polar surface area (TPSA) is 99.6 Å². The van der Waals surface area contributed by atoms with Gasteiger partial charge >= 0.3 is 13.6 Å². The summed E-state index contributed by atoms with van der Waals surface area (Å²) in [5.41, 5.74) is 1.73. The predicted molar refractivity (Wildman–Crippen MR) is 99.6 cm³/mol. The number of hydrogen-bond acceptors (Lipinski definition) is 3. The average molecular weight is 373 g/mol. The summed E-state index contributed by atoms with van der Waals surface area (Å²) < 4.78 is 18.1. The zero-order valence-electron chi connectivity index (χ0n) is 14.3. The minimum Gasteiger partial charge on any atom is -0.481 e. The number of para-hydroxylation sites is 1. The van der Waals surface area contributed by atoms with Crippen molar-refractivity contribution in [3.63, 3.8) is 0 Å². The first-order valence-corrected chi connectivity index (χ1v) is 10.1. The molecule has 3 N–H and O–H groups in total. The summed E-state index contributed by atoms with van der Waals surface area (Å²) in [6.45, 7) is 1.76. The Morgan fingerprint density at radius 2 is 1.81 bits per heavy atom. The molecular weight excluding hydrogens is 353 g/mol. The van der Waals surface area contributed by atoms with Gasteiger partial charge in [0.25, 0.3) is 0 Å². The molecule has 0 aliphatic carbocycles. The van der Waals surface area contributed by atoms with Crippen LogP contribution in [0.15, 0.2) is 54.6 Å².